The maximum Gasteiger partial charge on any atom is 0.238 e. The summed E-state index contributed by atoms with van der Waals surface area (Å²) in [6.07, 6.45) is 3.29. The number of carbonyl (C=O) groups excluding carboxylic acids is 1. The van der Waals surface area contributed by atoms with E-state index in [1.165, 1.54) is 5.56 Å². The summed E-state index contributed by atoms with van der Waals surface area (Å²) < 4.78 is 11.3. The van der Waals surface area contributed by atoms with Crippen LogP contribution in [-0.2, 0) is 9.53 Å². The third kappa shape index (κ3) is 6.08. The van der Waals surface area contributed by atoms with Crippen molar-refractivity contribution in [2.45, 2.75) is 38.3 Å². The minimum Gasteiger partial charge on any atom is -0.491 e. The fraction of sp³-hybridized carbons (Fsp3) is 0.409. The predicted octanol–water partition coefficient (Wildman–Crippen LogP) is 3.92. The molecule has 1 heterocycles. The van der Waals surface area contributed by atoms with Gasteiger partial charge in [0.2, 0.25) is 5.91 Å². The number of carbonyl (C=O) groups is 1. The molecule has 27 heavy (non-hydrogen) atoms. The number of hydrogen-bond acceptors (Lipinski definition) is 4. The summed E-state index contributed by atoms with van der Waals surface area (Å²) in [6, 6.07) is 17.8. The fourth-order valence-corrected chi connectivity index (χ4v) is 3.20. The Hall–Kier alpha value is -2.37. The van der Waals surface area contributed by atoms with E-state index >= 15 is 0 Å². The van der Waals surface area contributed by atoms with Gasteiger partial charge in [-0.1, -0.05) is 37.3 Å². The van der Waals surface area contributed by atoms with Crippen LogP contribution in [-0.4, -0.2) is 31.8 Å². The van der Waals surface area contributed by atoms with Gasteiger partial charge in [0.15, 0.2) is 0 Å². The zero-order valence-corrected chi connectivity index (χ0v) is 15.8. The van der Waals surface area contributed by atoms with Gasteiger partial charge >= 0.3 is 0 Å². The molecule has 1 fully saturated rings. The highest BCUT2D eigenvalue weighted by Gasteiger charge is 2.16. The molecule has 0 aliphatic carbocycles. The number of nitrogens with one attached hydrogen (secondary N) is 2. The van der Waals surface area contributed by atoms with Gasteiger partial charge in [-0.2, -0.15) is 0 Å². The molecule has 3 rings (SSSR count). The highest BCUT2D eigenvalue weighted by Crippen LogP contribution is 2.19. The second-order valence-corrected chi connectivity index (χ2v) is 6.77. The predicted molar refractivity (Wildman–Crippen MR) is 107 cm³/mol. The van der Waals surface area contributed by atoms with Crippen molar-refractivity contribution in [1.29, 1.82) is 0 Å². The Balaban J connectivity index is 1.43. The summed E-state index contributed by atoms with van der Waals surface area (Å²) in [6.45, 7) is 3.78. The maximum absolute atomic E-state index is 12.2. The van der Waals surface area contributed by atoms with Crippen molar-refractivity contribution in [2.24, 2.45) is 0 Å². The first-order valence-corrected chi connectivity index (χ1v) is 9.67. The van der Waals surface area contributed by atoms with Gasteiger partial charge in [-0.3, -0.25) is 4.79 Å². The fourth-order valence-electron chi connectivity index (χ4n) is 3.20. The maximum atomic E-state index is 12.2. The van der Waals surface area contributed by atoms with E-state index in [1.54, 1.807) is 0 Å². The quantitative estimate of drug-likeness (QED) is 0.704. The molecule has 2 unspecified atom stereocenters. The molecule has 0 radical (unpaired) electrons. The lowest BCUT2D eigenvalue weighted by Gasteiger charge is -2.17. The van der Waals surface area contributed by atoms with Crippen molar-refractivity contribution < 1.29 is 14.3 Å². The van der Waals surface area contributed by atoms with Crippen LogP contribution < -0.4 is 15.4 Å². The minimum atomic E-state index is -0.0580. The molecule has 144 valence electrons. The molecule has 1 aliphatic rings. The van der Waals surface area contributed by atoms with Crippen LogP contribution in [0.5, 0.6) is 5.75 Å². The van der Waals surface area contributed by atoms with E-state index in [0.717, 1.165) is 37.3 Å². The summed E-state index contributed by atoms with van der Waals surface area (Å²) in [5.41, 5.74) is 1.96. The van der Waals surface area contributed by atoms with Gasteiger partial charge in [0, 0.05) is 18.3 Å². The van der Waals surface area contributed by atoms with E-state index < -0.39 is 0 Å². The standard InChI is InChI=1S/C22H28N2O3/c1-2-21(17-7-4-3-5-8-17)23-15-22(25)24-18-10-12-19(13-11-18)27-16-20-9-6-14-26-20/h3-5,7-8,10-13,20-21,23H,2,6,9,14-16H2,1H3,(H,24,25). The molecule has 2 N–H and O–H groups in total. The van der Waals surface area contributed by atoms with Gasteiger partial charge < -0.3 is 20.1 Å². The van der Waals surface area contributed by atoms with Crippen LogP contribution in [0.3, 0.4) is 0 Å². The number of hydrogen-bond donors (Lipinski definition) is 2. The summed E-state index contributed by atoms with van der Waals surface area (Å²) in [7, 11) is 0. The third-order valence-electron chi connectivity index (χ3n) is 4.72. The molecule has 5 nitrogen and oxygen atoms in total. The average molecular weight is 368 g/mol. The van der Waals surface area contributed by atoms with Crippen LogP contribution in [0.2, 0.25) is 0 Å². The second-order valence-electron chi connectivity index (χ2n) is 6.77. The van der Waals surface area contributed by atoms with Crippen molar-refractivity contribution in [3.8, 4) is 5.75 Å². The number of benzene rings is 2. The van der Waals surface area contributed by atoms with Crippen LogP contribution in [0, 0.1) is 0 Å². The summed E-state index contributed by atoms with van der Waals surface area (Å²) in [5, 5.41) is 6.23. The second kappa shape index (κ2) is 10.1. The average Bonchev–Trinajstić information content (AvgIpc) is 3.22. The van der Waals surface area contributed by atoms with E-state index in [4.69, 9.17) is 9.47 Å². The monoisotopic (exact) mass is 368 g/mol. The minimum absolute atomic E-state index is 0.0580. The molecule has 0 bridgehead atoms. The molecular formula is C22H28N2O3. The van der Waals surface area contributed by atoms with E-state index in [9.17, 15) is 4.79 Å². The lowest BCUT2D eigenvalue weighted by atomic mass is 10.0. The van der Waals surface area contributed by atoms with Crippen LogP contribution in [0.15, 0.2) is 54.6 Å². The molecular weight excluding hydrogens is 340 g/mol. The molecule has 2 aromatic carbocycles. The lowest BCUT2D eigenvalue weighted by molar-refractivity contribution is -0.115. The molecule has 2 aromatic rings. The van der Waals surface area contributed by atoms with E-state index in [1.807, 2.05) is 42.5 Å². The molecule has 1 saturated heterocycles. The summed E-state index contributed by atoms with van der Waals surface area (Å²) in [4.78, 5) is 12.2. The van der Waals surface area contributed by atoms with Gasteiger partial charge in [-0.25, -0.2) is 0 Å². The van der Waals surface area contributed by atoms with Crippen LogP contribution in [0.4, 0.5) is 5.69 Å². The first kappa shape index (κ1) is 19.4. The molecule has 5 heteroatoms. The molecule has 0 saturated carbocycles. The highest BCUT2D eigenvalue weighted by atomic mass is 16.5. The normalized spacial score (nSPS) is 17.4. The van der Waals surface area contributed by atoms with Gasteiger partial charge in [-0.15, -0.1) is 0 Å². The lowest BCUT2D eigenvalue weighted by Crippen LogP contribution is -2.31. The third-order valence-corrected chi connectivity index (χ3v) is 4.72. The smallest absolute Gasteiger partial charge is 0.238 e. The number of rotatable bonds is 9. The number of amides is 1. The van der Waals surface area contributed by atoms with Crippen molar-refractivity contribution >= 4 is 11.6 Å². The Labute approximate surface area is 161 Å². The van der Waals surface area contributed by atoms with Gasteiger partial charge in [0.05, 0.1) is 12.6 Å². The van der Waals surface area contributed by atoms with Crippen molar-refractivity contribution in [2.75, 3.05) is 25.1 Å². The molecule has 2 atom stereocenters. The van der Waals surface area contributed by atoms with Gasteiger partial charge in [0.1, 0.15) is 12.4 Å². The summed E-state index contributed by atoms with van der Waals surface area (Å²) in [5.74, 6) is 0.731. The van der Waals surface area contributed by atoms with E-state index in [-0.39, 0.29) is 24.6 Å². The Kier molecular flexibility index (Phi) is 7.25. The van der Waals surface area contributed by atoms with Crippen LogP contribution in [0.25, 0.3) is 0 Å². The Morgan fingerprint density at radius 3 is 2.63 bits per heavy atom. The SMILES string of the molecule is CCC(NCC(=O)Nc1ccc(OCC2CCCO2)cc1)c1ccccc1. The van der Waals surface area contributed by atoms with Crippen molar-refractivity contribution in [3.63, 3.8) is 0 Å². The first-order chi connectivity index (χ1) is 13.2. The van der Waals surface area contributed by atoms with E-state index in [0.29, 0.717) is 6.61 Å². The molecule has 1 aliphatic heterocycles. The topological polar surface area (TPSA) is 59.6 Å². The molecule has 0 spiro atoms. The summed E-state index contributed by atoms with van der Waals surface area (Å²) >= 11 is 0. The van der Waals surface area contributed by atoms with Gasteiger partial charge in [-0.05, 0) is 49.1 Å². The van der Waals surface area contributed by atoms with Crippen LogP contribution in [0.1, 0.15) is 37.8 Å². The molecule has 0 aromatic heterocycles. The largest absolute Gasteiger partial charge is 0.491 e. The Morgan fingerprint density at radius 1 is 1.19 bits per heavy atom. The Morgan fingerprint density at radius 2 is 1.96 bits per heavy atom. The number of ether oxygens (including phenoxy) is 2. The first-order valence-electron chi connectivity index (χ1n) is 9.67. The van der Waals surface area contributed by atoms with Crippen LogP contribution >= 0.6 is 0 Å². The zero-order chi connectivity index (χ0) is 18.9. The highest BCUT2D eigenvalue weighted by molar-refractivity contribution is 5.92. The zero-order valence-electron chi connectivity index (χ0n) is 15.8. The van der Waals surface area contributed by atoms with Crippen molar-refractivity contribution in [1.82, 2.24) is 5.32 Å². The Bertz CT molecular complexity index is 697. The number of anilines is 1. The van der Waals surface area contributed by atoms with E-state index in [2.05, 4.69) is 29.7 Å². The molecule has 1 amide bonds. The van der Waals surface area contributed by atoms with Crippen molar-refractivity contribution in [3.05, 3.63) is 60.2 Å². The van der Waals surface area contributed by atoms with Gasteiger partial charge in [0.25, 0.3) is 0 Å².